The molecular formula is C24H25NO5. The van der Waals surface area contributed by atoms with Crippen molar-refractivity contribution >= 4 is 27.5 Å². The second-order valence-electron chi connectivity index (χ2n) is 7.88. The van der Waals surface area contributed by atoms with E-state index in [-0.39, 0.29) is 11.9 Å². The van der Waals surface area contributed by atoms with Crippen LogP contribution in [0.4, 0.5) is 0 Å². The predicted octanol–water partition coefficient (Wildman–Crippen LogP) is 4.07. The number of fused-ring (bicyclic) bond motifs is 7. The Hall–Kier alpha value is -3.15. The molecule has 6 nitrogen and oxygen atoms in total. The minimum Gasteiger partial charge on any atom is -0.493 e. The number of hydrogen-bond acceptors (Lipinski definition) is 5. The van der Waals surface area contributed by atoms with Crippen LogP contribution in [0, 0.1) is 0 Å². The van der Waals surface area contributed by atoms with E-state index >= 15 is 0 Å². The largest absolute Gasteiger partial charge is 0.493 e. The van der Waals surface area contributed by atoms with E-state index in [1.807, 2.05) is 23.1 Å². The molecule has 2 aliphatic rings. The smallest absolute Gasteiger partial charge is 0.223 e. The second-order valence-corrected chi connectivity index (χ2v) is 7.88. The van der Waals surface area contributed by atoms with Crippen molar-refractivity contribution in [3.05, 3.63) is 35.4 Å². The fourth-order valence-corrected chi connectivity index (χ4v) is 5.07. The van der Waals surface area contributed by atoms with Crippen LogP contribution in [0.3, 0.4) is 0 Å². The summed E-state index contributed by atoms with van der Waals surface area (Å²) in [5.74, 6) is 2.99. The predicted molar refractivity (Wildman–Crippen MR) is 115 cm³/mol. The van der Waals surface area contributed by atoms with Crippen LogP contribution in [0.25, 0.3) is 21.5 Å². The number of hydrogen-bond donors (Lipinski definition) is 0. The first kappa shape index (κ1) is 18.9. The van der Waals surface area contributed by atoms with E-state index in [0.29, 0.717) is 36.0 Å². The van der Waals surface area contributed by atoms with Crippen molar-refractivity contribution < 1.29 is 23.7 Å². The third-order valence-corrected chi connectivity index (χ3v) is 6.57. The Balaban J connectivity index is 1.90. The Morgan fingerprint density at radius 3 is 1.70 bits per heavy atom. The molecule has 0 bridgehead atoms. The molecule has 1 atom stereocenters. The molecule has 0 saturated carbocycles. The van der Waals surface area contributed by atoms with Crippen molar-refractivity contribution in [3.8, 4) is 23.0 Å². The van der Waals surface area contributed by atoms with Crippen molar-refractivity contribution in [2.75, 3.05) is 28.4 Å². The monoisotopic (exact) mass is 407 g/mol. The van der Waals surface area contributed by atoms with Gasteiger partial charge in [0.2, 0.25) is 5.91 Å². The zero-order valence-corrected chi connectivity index (χ0v) is 17.7. The summed E-state index contributed by atoms with van der Waals surface area (Å²) in [6, 6.07) is 8.41. The molecule has 3 aromatic carbocycles. The number of benzene rings is 3. The fourth-order valence-electron chi connectivity index (χ4n) is 5.07. The first-order chi connectivity index (χ1) is 14.6. The molecule has 1 saturated heterocycles. The van der Waals surface area contributed by atoms with Crippen LogP contribution in [-0.4, -0.2) is 45.3 Å². The lowest BCUT2D eigenvalue weighted by Gasteiger charge is -2.34. The molecule has 1 fully saturated rings. The topological polar surface area (TPSA) is 57.2 Å². The van der Waals surface area contributed by atoms with Crippen molar-refractivity contribution in [2.45, 2.75) is 31.8 Å². The van der Waals surface area contributed by atoms with Crippen molar-refractivity contribution in [2.24, 2.45) is 0 Å². The summed E-state index contributed by atoms with van der Waals surface area (Å²) in [5.41, 5.74) is 2.46. The van der Waals surface area contributed by atoms with Crippen LogP contribution in [-0.2, 0) is 17.8 Å². The average Bonchev–Trinajstić information content (AvgIpc) is 3.15. The molecule has 0 spiro atoms. The van der Waals surface area contributed by atoms with Gasteiger partial charge in [0.15, 0.2) is 23.0 Å². The van der Waals surface area contributed by atoms with Gasteiger partial charge >= 0.3 is 0 Å². The van der Waals surface area contributed by atoms with E-state index in [2.05, 4.69) is 6.07 Å². The molecule has 3 aromatic rings. The Kier molecular flexibility index (Phi) is 4.38. The summed E-state index contributed by atoms with van der Waals surface area (Å²) in [4.78, 5) is 14.5. The summed E-state index contributed by atoms with van der Waals surface area (Å²) < 4.78 is 22.4. The summed E-state index contributed by atoms with van der Waals surface area (Å²) in [6.45, 7) is 0.620. The van der Waals surface area contributed by atoms with E-state index in [9.17, 15) is 4.79 Å². The number of ether oxygens (including phenoxy) is 4. The number of rotatable bonds is 4. The summed E-state index contributed by atoms with van der Waals surface area (Å²) >= 11 is 0. The number of carbonyl (C=O) groups excluding carboxylic acids is 1. The summed E-state index contributed by atoms with van der Waals surface area (Å²) in [6.07, 6.45) is 2.39. The Morgan fingerprint density at radius 2 is 1.20 bits per heavy atom. The number of carbonyl (C=O) groups is 1. The van der Waals surface area contributed by atoms with Crippen LogP contribution in [0.15, 0.2) is 24.3 Å². The molecule has 0 N–H and O–H groups in total. The van der Waals surface area contributed by atoms with Crippen molar-refractivity contribution in [3.63, 3.8) is 0 Å². The quantitative estimate of drug-likeness (QED) is 0.610. The molecule has 6 heteroatoms. The van der Waals surface area contributed by atoms with Gasteiger partial charge in [0.1, 0.15) is 0 Å². The van der Waals surface area contributed by atoms with Crippen molar-refractivity contribution in [1.82, 2.24) is 4.90 Å². The zero-order valence-electron chi connectivity index (χ0n) is 17.7. The first-order valence-electron chi connectivity index (χ1n) is 10.1. The van der Waals surface area contributed by atoms with E-state index in [1.165, 1.54) is 11.1 Å². The number of methoxy groups -OCH3 is 4. The van der Waals surface area contributed by atoms with Crippen LogP contribution < -0.4 is 18.9 Å². The zero-order chi connectivity index (χ0) is 21.0. The minimum absolute atomic E-state index is 0.242. The fraction of sp³-hybridized carbons (Fsp3) is 0.375. The Labute approximate surface area is 175 Å². The molecule has 156 valence electrons. The van der Waals surface area contributed by atoms with Gasteiger partial charge in [-0.3, -0.25) is 4.79 Å². The van der Waals surface area contributed by atoms with Gasteiger partial charge in [-0.15, -0.1) is 0 Å². The highest BCUT2D eigenvalue weighted by molar-refractivity contribution is 6.13. The van der Waals surface area contributed by atoms with Crippen LogP contribution in [0.2, 0.25) is 0 Å². The van der Waals surface area contributed by atoms with Gasteiger partial charge in [-0.1, -0.05) is 0 Å². The maximum atomic E-state index is 12.5. The summed E-state index contributed by atoms with van der Waals surface area (Å²) in [5, 5.41) is 4.36. The van der Waals surface area contributed by atoms with Crippen LogP contribution in [0.1, 0.15) is 24.0 Å². The molecule has 0 unspecified atom stereocenters. The second kappa shape index (κ2) is 6.97. The standard InChI is InChI=1S/C24H25NO5/c1-27-20-8-15-14-7-13-5-6-24(26)25(13)12-19(14)18-11-23(30-4)22(29-3)10-17(18)16(15)9-21(20)28-2/h8-11,13H,5-7,12H2,1-4H3/t13-/m0/s1. The van der Waals surface area contributed by atoms with E-state index in [0.717, 1.165) is 34.4 Å². The molecular weight excluding hydrogens is 382 g/mol. The highest BCUT2D eigenvalue weighted by Crippen LogP contribution is 2.46. The molecule has 2 heterocycles. The van der Waals surface area contributed by atoms with Crippen LogP contribution in [0.5, 0.6) is 23.0 Å². The molecule has 5 rings (SSSR count). The Morgan fingerprint density at radius 1 is 0.733 bits per heavy atom. The number of nitrogens with zero attached hydrogens (tertiary/aromatic N) is 1. The lowest BCUT2D eigenvalue weighted by atomic mass is 9.85. The van der Waals surface area contributed by atoms with Gasteiger partial charge in [0.25, 0.3) is 0 Å². The lowest BCUT2D eigenvalue weighted by Crippen LogP contribution is -2.38. The van der Waals surface area contributed by atoms with Gasteiger partial charge in [-0.25, -0.2) is 0 Å². The van der Waals surface area contributed by atoms with Gasteiger partial charge in [0, 0.05) is 19.0 Å². The van der Waals surface area contributed by atoms with Gasteiger partial charge in [0.05, 0.1) is 28.4 Å². The SMILES string of the molecule is COc1cc2c3c(c4cc(OC)c(OC)cc4c2cc1OC)CN1C(=O)CC[C@H]1C3. The molecule has 0 radical (unpaired) electrons. The highest BCUT2D eigenvalue weighted by atomic mass is 16.5. The number of amides is 1. The minimum atomic E-state index is 0.242. The van der Waals surface area contributed by atoms with E-state index in [1.54, 1.807) is 28.4 Å². The third-order valence-electron chi connectivity index (χ3n) is 6.57. The third kappa shape index (κ3) is 2.59. The van der Waals surface area contributed by atoms with Gasteiger partial charge in [-0.2, -0.15) is 0 Å². The highest BCUT2D eigenvalue weighted by Gasteiger charge is 2.37. The molecule has 0 aliphatic carbocycles. The van der Waals surface area contributed by atoms with E-state index in [4.69, 9.17) is 18.9 Å². The van der Waals surface area contributed by atoms with Gasteiger partial charge in [-0.05, 0) is 69.8 Å². The Bertz CT molecular complexity index is 1190. The lowest BCUT2D eigenvalue weighted by molar-refractivity contribution is -0.129. The van der Waals surface area contributed by atoms with Crippen molar-refractivity contribution in [1.29, 1.82) is 0 Å². The maximum Gasteiger partial charge on any atom is 0.223 e. The first-order valence-corrected chi connectivity index (χ1v) is 10.1. The molecule has 1 amide bonds. The normalized spacial score (nSPS) is 17.8. The van der Waals surface area contributed by atoms with Crippen LogP contribution >= 0.6 is 0 Å². The van der Waals surface area contributed by atoms with Gasteiger partial charge < -0.3 is 23.8 Å². The molecule has 0 aromatic heterocycles. The van der Waals surface area contributed by atoms with E-state index < -0.39 is 0 Å². The molecule has 2 aliphatic heterocycles. The average molecular weight is 407 g/mol. The maximum absolute atomic E-state index is 12.5. The summed E-state index contributed by atoms with van der Waals surface area (Å²) in [7, 11) is 6.59. The molecule has 30 heavy (non-hydrogen) atoms.